The Kier molecular flexibility index (Phi) is 4.43. The van der Waals surface area contributed by atoms with Gasteiger partial charge in [0.15, 0.2) is 0 Å². The van der Waals surface area contributed by atoms with Gasteiger partial charge in [-0.1, -0.05) is 23.7 Å². The summed E-state index contributed by atoms with van der Waals surface area (Å²) < 4.78 is 1.01. The van der Waals surface area contributed by atoms with Gasteiger partial charge in [0.1, 0.15) is 0 Å². The lowest BCUT2D eigenvalue weighted by atomic mass is 9.95. The third-order valence-electron chi connectivity index (χ3n) is 2.60. The van der Waals surface area contributed by atoms with Gasteiger partial charge in [0.25, 0.3) is 0 Å². The van der Waals surface area contributed by atoms with Crippen LogP contribution in [0.2, 0.25) is 5.02 Å². The van der Waals surface area contributed by atoms with Crippen molar-refractivity contribution < 1.29 is 9.90 Å². The van der Waals surface area contributed by atoms with E-state index in [0.717, 1.165) is 14.2 Å². The second-order valence-corrected chi connectivity index (χ2v) is 6.84. The van der Waals surface area contributed by atoms with Crippen LogP contribution in [0.4, 0.5) is 0 Å². The zero-order valence-corrected chi connectivity index (χ0v) is 12.4. The van der Waals surface area contributed by atoms with Gasteiger partial charge in [0, 0.05) is 9.90 Å². The number of hydrogen-bond donors (Lipinski definition) is 1. The molecule has 2 nitrogen and oxygen atoms in total. The Morgan fingerprint density at radius 3 is 2.44 bits per heavy atom. The third kappa shape index (κ3) is 3.34. The minimum Gasteiger partial charge on any atom is -0.481 e. The highest BCUT2D eigenvalue weighted by molar-refractivity contribution is 9.11. The average Bonchev–Trinajstić information content (AvgIpc) is 2.73. The number of halogens is 2. The minimum atomic E-state index is -0.818. The molecule has 0 radical (unpaired) electrons. The largest absolute Gasteiger partial charge is 0.481 e. The lowest BCUT2D eigenvalue weighted by Crippen LogP contribution is -2.13. The van der Waals surface area contributed by atoms with Crippen LogP contribution in [0.1, 0.15) is 16.4 Å². The molecule has 0 bridgehead atoms. The van der Waals surface area contributed by atoms with Crippen molar-refractivity contribution in [1.29, 1.82) is 0 Å². The van der Waals surface area contributed by atoms with E-state index >= 15 is 0 Å². The van der Waals surface area contributed by atoms with Crippen LogP contribution in [0.25, 0.3) is 0 Å². The lowest BCUT2D eigenvalue weighted by Gasteiger charge is -2.11. The summed E-state index contributed by atoms with van der Waals surface area (Å²) in [5.41, 5.74) is 0.774. The number of hydrogen-bond acceptors (Lipinski definition) is 2. The molecule has 1 N–H and O–H groups in total. The van der Waals surface area contributed by atoms with E-state index in [0.29, 0.717) is 11.4 Å². The summed E-state index contributed by atoms with van der Waals surface area (Å²) in [5, 5.41) is 9.94. The molecule has 0 spiro atoms. The molecular formula is C13H10BrClO2S. The highest BCUT2D eigenvalue weighted by Gasteiger charge is 2.21. The van der Waals surface area contributed by atoms with E-state index in [9.17, 15) is 9.90 Å². The fraction of sp³-hybridized carbons (Fsp3) is 0.154. The normalized spacial score (nSPS) is 12.3. The van der Waals surface area contributed by atoms with Crippen LogP contribution in [0, 0.1) is 0 Å². The molecule has 0 amide bonds. The Morgan fingerprint density at radius 1 is 1.28 bits per heavy atom. The summed E-state index contributed by atoms with van der Waals surface area (Å²) in [7, 11) is 0. The van der Waals surface area contributed by atoms with Gasteiger partial charge in [0.2, 0.25) is 0 Å². The van der Waals surface area contributed by atoms with Crippen LogP contribution >= 0.6 is 38.9 Å². The molecule has 0 aliphatic heterocycles. The quantitative estimate of drug-likeness (QED) is 0.881. The Labute approximate surface area is 122 Å². The highest BCUT2D eigenvalue weighted by atomic mass is 79.9. The van der Waals surface area contributed by atoms with Crippen LogP contribution in [-0.2, 0) is 11.2 Å². The SMILES string of the molecule is O=C(O)C(Cc1ccc(Br)s1)c1ccc(Cl)cc1. The molecule has 1 aromatic carbocycles. The fourth-order valence-electron chi connectivity index (χ4n) is 1.71. The molecule has 0 aliphatic carbocycles. The highest BCUT2D eigenvalue weighted by Crippen LogP contribution is 2.28. The van der Waals surface area contributed by atoms with Gasteiger partial charge in [-0.3, -0.25) is 4.79 Å². The topological polar surface area (TPSA) is 37.3 Å². The molecule has 5 heteroatoms. The van der Waals surface area contributed by atoms with Crippen molar-refractivity contribution in [3.05, 3.63) is 55.6 Å². The third-order valence-corrected chi connectivity index (χ3v) is 4.50. The van der Waals surface area contributed by atoms with Gasteiger partial charge in [-0.15, -0.1) is 11.3 Å². The monoisotopic (exact) mass is 344 g/mol. The smallest absolute Gasteiger partial charge is 0.311 e. The van der Waals surface area contributed by atoms with Crippen LogP contribution < -0.4 is 0 Å². The second-order valence-electron chi connectivity index (χ2n) is 3.85. The fourth-order valence-corrected chi connectivity index (χ4v) is 3.36. The molecule has 1 atom stereocenters. The molecule has 0 saturated heterocycles. The van der Waals surface area contributed by atoms with Crippen LogP contribution in [-0.4, -0.2) is 11.1 Å². The maximum Gasteiger partial charge on any atom is 0.311 e. The summed E-state index contributed by atoms with van der Waals surface area (Å²) in [5.74, 6) is -1.35. The van der Waals surface area contributed by atoms with E-state index in [1.807, 2.05) is 12.1 Å². The number of carboxylic acids is 1. The summed E-state index contributed by atoms with van der Waals surface area (Å²) in [6.07, 6.45) is 0.493. The van der Waals surface area contributed by atoms with Gasteiger partial charge < -0.3 is 5.11 Å². The van der Waals surface area contributed by atoms with Crippen molar-refractivity contribution in [2.75, 3.05) is 0 Å². The minimum absolute atomic E-state index is 0.493. The molecule has 0 saturated carbocycles. The predicted molar refractivity (Wildman–Crippen MR) is 77.6 cm³/mol. The van der Waals surface area contributed by atoms with Crippen LogP contribution in [0.5, 0.6) is 0 Å². The van der Waals surface area contributed by atoms with Crippen LogP contribution in [0.15, 0.2) is 40.2 Å². The molecule has 94 valence electrons. The second kappa shape index (κ2) is 5.87. The van der Waals surface area contributed by atoms with E-state index in [2.05, 4.69) is 15.9 Å². The van der Waals surface area contributed by atoms with Crippen molar-refractivity contribution in [3.8, 4) is 0 Å². The Bertz CT molecular complexity index is 550. The average molecular weight is 346 g/mol. The molecule has 18 heavy (non-hydrogen) atoms. The predicted octanol–water partition coefficient (Wildman–Crippen LogP) is 4.57. The first-order valence-electron chi connectivity index (χ1n) is 5.29. The number of carbonyl (C=O) groups is 1. The molecular weight excluding hydrogens is 336 g/mol. The first-order valence-corrected chi connectivity index (χ1v) is 7.27. The first kappa shape index (κ1) is 13.6. The number of aliphatic carboxylic acids is 1. The zero-order chi connectivity index (χ0) is 13.1. The first-order chi connectivity index (χ1) is 8.56. The maximum atomic E-state index is 11.4. The standard InChI is InChI=1S/C13H10BrClO2S/c14-12-6-5-10(18-12)7-11(13(16)17)8-1-3-9(15)4-2-8/h1-6,11H,7H2,(H,16,17). The molecule has 0 fully saturated rings. The number of rotatable bonds is 4. The Hall–Kier alpha value is -0.840. The van der Waals surface area contributed by atoms with Crippen molar-refractivity contribution in [2.24, 2.45) is 0 Å². The lowest BCUT2D eigenvalue weighted by molar-refractivity contribution is -0.138. The van der Waals surface area contributed by atoms with Crippen molar-refractivity contribution >= 4 is 44.8 Å². The van der Waals surface area contributed by atoms with Gasteiger partial charge >= 0.3 is 5.97 Å². The van der Waals surface area contributed by atoms with Crippen molar-refractivity contribution in [3.63, 3.8) is 0 Å². The molecule has 1 unspecified atom stereocenters. The van der Waals surface area contributed by atoms with Crippen LogP contribution in [0.3, 0.4) is 0 Å². The zero-order valence-electron chi connectivity index (χ0n) is 9.27. The molecule has 2 rings (SSSR count). The van der Waals surface area contributed by atoms with Gasteiger partial charge in [-0.2, -0.15) is 0 Å². The number of carboxylic acid groups (broad SMARTS) is 1. The summed E-state index contributed by atoms with van der Waals surface area (Å²) in [6.45, 7) is 0. The van der Waals surface area contributed by atoms with Gasteiger partial charge in [0.05, 0.1) is 9.70 Å². The van der Waals surface area contributed by atoms with E-state index in [-0.39, 0.29) is 0 Å². The number of benzene rings is 1. The van der Waals surface area contributed by atoms with Crippen molar-refractivity contribution in [2.45, 2.75) is 12.3 Å². The Morgan fingerprint density at radius 2 is 1.94 bits per heavy atom. The molecule has 1 heterocycles. The van der Waals surface area contributed by atoms with E-state index < -0.39 is 11.9 Å². The summed E-state index contributed by atoms with van der Waals surface area (Å²) in [4.78, 5) is 12.4. The number of thiophene rings is 1. The van der Waals surface area contributed by atoms with E-state index in [1.54, 1.807) is 35.6 Å². The molecule has 1 aromatic heterocycles. The maximum absolute atomic E-state index is 11.4. The van der Waals surface area contributed by atoms with E-state index in [4.69, 9.17) is 11.6 Å². The Balaban J connectivity index is 2.23. The summed E-state index contributed by atoms with van der Waals surface area (Å²) >= 11 is 10.7. The summed E-state index contributed by atoms with van der Waals surface area (Å²) in [6, 6.07) is 10.9. The van der Waals surface area contributed by atoms with Crippen molar-refractivity contribution in [1.82, 2.24) is 0 Å². The molecule has 0 aliphatic rings. The van der Waals surface area contributed by atoms with Gasteiger partial charge in [-0.05, 0) is 52.2 Å². The molecule has 2 aromatic rings. The van der Waals surface area contributed by atoms with Gasteiger partial charge in [-0.25, -0.2) is 0 Å². The van der Waals surface area contributed by atoms with E-state index in [1.165, 1.54) is 0 Å².